The molecular formula is C36H36BrCl2N3O5. The van der Waals surface area contributed by atoms with Crippen LogP contribution in [0.3, 0.4) is 0 Å². The molecule has 1 amide bonds. The summed E-state index contributed by atoms with van der Waals surface area (Å²) in [5, 5.41) is 9.90. The van der Waals surface area contributed by atoms with Crippen molar-refractivity contribution >= 4 is 50.9 Å². The minimum Gasteiger partial charge on any atom is -0.494 e. The molecule has 0 saturated carbocycles. The Balaban J connectivity index is 1.48. The summed E-state index contributed by atoms with van der Waals surface area (Å²) >= 11 is 16.5. The van der Waals surface area contributed by atoms with Crippen molar-refractivity contribution in [1.29, 1.82) is 0 Å². The molecule has 0 spiro atoms. The van der Waals surface area contributed by atoms with Crippen LogP contribution < -0.4 is 20.3 Å². The Hall–Kier alpha value is -3.60. The fourth-order valence-corrected chi connectivity index (χ4v) is 6.11. The second-order valence-corrected chi connectivity index (χ2v) is 12.7. The molecule has 0 aromatic heterocycles. The summed E-state index contributed by atoms with van der Waals surface area (Å²) in [4.78, 5) is 19.5. The lowest BCUT2D eigenvalue weighted by atomic mass is 9.82. The van der Waals surface area contributed by atoms with Crippen LogP contribution in [-0.4, -0.2) is 48.8 Å². The van der Waals surface area contributed by atoms with Crippen molar-refractivity contribution in [2.24, 2.45) is 4.99 Å². The van der Waals surface area contributed by atoms with E-state index < -0.39 is 11.6 Å². The number of benzene rings is 4. The van der Waals surface area contributed by atoms with Gasteiger partial charge in [0.25, 0.3) is 5.91 Å². The van der Waals surface area contributed by atoms with Crippen molar-refractivity contribution in [2.45, 2.75) is 37.8 Å². The van der Waals surface area contributed by atoms with E-state index in [1.165, 1.54) is 0 Å². The fraction of sp³-hybridized carbons (Fsp3) is 0.278. The molecule has 1 aliphatic rings. The van der Waals surface area contributed by atoms with Gasteiger partial charge in [-0.1, -0.05) is 75.5 Å². The van der Waals surface area contributed by atoms with Crippen molar-refractivity contribution in [3.8, 4) is 11.5 Å². The number of halogens is 3. The topological polar surface area (TPSA) is 101 Å². The van der Waals surface area contributed by atoms with E-state index in [0.29, 0.717) is 65.4 Å². The molecule has 0 saturated heterocycles. The standard InChI is InChI=1S/C36H36BrCl2N3O5/c1-2-45-32-7-4-3-6-25(32)18-19-40-42-35(44)36(23-24-8-12-27(37)13-9-24)33(30-17-14-28(38)22-31(30)39)47-34(41-36)26-10-15-29(16-11-26)46-21-5-20-43/h3-4,6-17,22,33,40,43H,2,5,18-21,23H2,1H3,(H,42,44)/t33-,36-/m0/s1. The van der Waals surface area contributed by atoms with E-state index in [0.717, 1.165) is 21.3 Å². The van der Waals surface area contributed by atoms with Gasteiger partial charge >= 0.3 is 0 Å². The molecule has 5 rings (SSSR count). The third-order valence-corrected chi connectivity index (χ3v) is 8.75. The summed E-state index contributed by atoms with van der Waals surface area (Å²) in [5.74, 6) is 1.37. The largest absolute Gasteiger partial charge is 0.494 e. The van der Waals surface area contributed by atoms with Gasteiger partial charge < -0.3 is 19.3 Å². The molecule has 3 N–H and O–H groups in total. The van der Waals surface area contributed by atoms with Gasteiger partial charge in [0.15, 0.2) is 11.6 Å². The van der Waals surface area contributed by atoms with Crippen LogP contribution in [0.2, 0.25) is 10.0 Å². The molecule has 0 unspecified atom stereocenters. The Morgan fingerprint density at radius 2 is 1.79 bits per heavy atom. The van der Waals surface area contributed by atoms with E-state index >= 15 is 0 Å². The van der Waals surface area contributed by atoms with Crippen molar-refractivity contribution in [3.63, 3.8) is 0 Å². The van der Waals surface area contributed by atoms with Gasteiger partial charge in [0.05, 0.1) is 13.2 Å². The van der Waals surface area contributed by atoms with Gasteiger partial charge in [-0.2, -0.15) is 0 Å². The number of aliphatic imine (C=N–C) groups is 1. The third-order valence-electron chi connectivity index (χ3n) is 7.66. The van der Waals surface area contributed by atoms with E-state index in [4.69, 9.17) is 47.5 Å². The summed E-state index contributed by atoms with van der Waals surface area (Å²) in [6.45, 7) is 3.41. The lowest BCUT2D eigenvalue weighted by Crippen LogP contribution is -2.54. The Bertz CT molecular complexity index is 1690. The predicted molar refractivity (Wildman–Crippen MR) is 189 cm³/mol. The first-order valence-corrected chi connectivity index (χ1v) is 16.9. The third kappa shape index (κ3) is 8.66. The Kier molecular flexibility index (Phi) is 12.2. The molecule has 0 bridgehead atoms. The zero-order chi connectivity index (χ0) is 33.2. The number of carbonyl (C=O) groups is 1. The average molecular weight is 742 g/mol. The van der Waals surface area contributed by atoms with E-state index in [-0.39, 0.29) is 18.9 Å². The van der Waals surface area contributed by atoms with Crippen molar-refractivity contribution in [2.75, 3.05) is 26.4 Å². The molecule has 4 aromatic carbocycles. The van der Waals surface area contributed by atoms with Gasteiger partial charge in [-0.05, 0) is 79.1 Å². The van der Waals surface area contributed by atoms with E-state index in [1.54, 1.807) is 30.3 Å². The minimum absolute atomic E-state index is 0.0509. The number of hydrazine groups is 1. The molecule has 47 heavy (non-hydrogen) atoms. The van der Waals surface area contributed by atoms with E-state index in [1.807, 2.05) is 67.6 Å². The second-order valence-electron chi connectivity index (χ2n) is 10.9. The molecule has 1 aliphatic heterocycles. The van der Waals surface area contributed by atoms with Crippen LogP contribution in [0.5, 0.6) is 11.5 Å². The molecule has 8 nitrogen and oxygen atoms in total. The van der Waals surface area contributed by atoms with Crippen LogP contribution in [0.1, 0.15) is 41.7 Å². The van der Waals surface area contributed by atoms with Crippen LogP contribution in [-0.2, 0) is 22.4 Å². The number of ether oxygens (including phenoxy) is 3. The lowest BCUT2D eigenvalue weighted by Gasteiger charge is -2.31. The number of nitrogens with one attached hydrogen (secondary N) is 2. The van der Waals surface area contributed by atoms with E-state index in [9.17, 15) is 4.79 Å². The number of aliphatic hydroxyl groups is 1. The highest BCUT2D eigenvalue weighted by Crippen LogP contribution is 2.45. The second kappa shape index (κ2) is 16.5. The SMILES string of the molecule is CCOc1ccccc1CCNNC(=O)[C@@]1(Cc2ccc(Br)cc2)N=C(c2ccc(OCCCO)cc2)O[C@H]1c1ccc(Cl)cc1Cl. The maximum Gasteiger partial charge on any atom is 0.266 e. The number of aliphatic hydroxyl groups excluding tert-OH is 1. The molecule has 0 radical (unpaired) electrons. The average Bonchev–Trinajstić information content (AvgIpc) is 3.45. The van der Waals surface area contributed by atoms with Gasteiger partial charge in [-0.3, -0.25) is 10.2 Å². The van der Waals surface area contributed by atoms with Gasteiger partial charge in [0, 0.05) is 51.6 Å². The smallest absolute Gasteiger partial charge is 0.266 e. The summed E-state index contributed by atoms with van der Waals surface area (Å²) in [7, 11) is 0. The van der Waals surface area contributed by atoms with Gasteiger partial charge in [-0.25, -0.2) is 10.4 Å². The molecule has 246 valence electrons. The monoisotopic (exact) mass is 739 g/mol. The van der Waals surface area contributed by atoms with Crippen LogP contribution in [0.25, 0.3) is 0 Å². The number of rotatable bonds is 15. The number of carbonyl (C=O) groups excluding carboxylic acids is 1. The van der Waals surface area contributed by atoms with Crippen molar-refractivity contribution in [3.05, 3.63) is 128 Å². The first kappa shape index (κ1) is 34.7. The number of hydrogen-bond acceptors (Lipinski definition) is 7. The first-order chi connectivity index (χ1) is 22.8. The molecule has 11 heteroatoms. The number of nitrogens with zero attached hydrogens (tertiary/aromatic N) is 1. The summed E-state index contributed by atoms with van der Waals surface area (Å²) in [6, 6.07) is 28.0. The maximum absolute atomic E-state index is 14.5. The predicted octanol–water partition coefficient (Wildman–Crippen LogP) is 7.28. The van der Waals surface area contributed by atoms with Crippen molar-refractivity contribution < 1.29 is 24.1 Å². The van der Waals surface area contributed by atoms with Crippen LogP contribution in [0.15, 0.2) is 100 Å². The maximum atomic E-state index is 14.5. The van der Waals surface area contributed by atoms with E-state index in [2.05, 4.69) is 26.8 Å². The van der Waals surface area contributed by atoms with Crippen molar-refractivity contribution in [1.82, 2.24) is 10.9 Å². The molecule has 1 heterocycles. The molecule has 4 aromatic rings. The van der Waals surface area contributed by atoms with Gasteiger partial charge in [-0.15, -0.1) is 0 Å². The quantitative estimate of drug-likeness (QED) is 0.0876. The van der Waals surface area contributed by atoms with Crippen LogP contribution in [0, 0.1) is 0 Å². The first-order valence-electron chi connectivity index (χ1n) is 15.4. The molecule has 0 fully saturated rings. The highest BCUT2D eigenvalue weighted by atomic mass is 79.9. The zero-order valence-electron chi connectivity index (χ0n) is 25.8. The highest BCUT2D eigenvalue weighted by molar-refractivity contribution is 9.10. The lowest BCUT2D eigenvalue weighted by molar-refractivity contribution is -0.130. The Labute approximate surface area is 293 Å². The highest BCUT2D eigenvalue weighted by Gasteiger charge is 2.54. The molecular weight excluding hydrogens is 705 g/mol. The summed E-state index contributed by atoms with van der Waals surface area (Å²) in [6.07, 6.45) is 0.491. The Morgan fingerprint density at radius 1 is 1.02 bits per heavy atom. The summed E-state index contributed by atoms with van der Waals surface area (Å²) < 4.78 is 19.0. The zero-order valence-corrected chi connectivity index (χ0v) is 28.9. The fourth-order valence-electron chi connectivity index (χ4n) is 5.34. The summed E-state index contributed by atoms with van der Waals surface area (Å²) in [5.41, 5.74) is 7.73. The van der Waals surface area contributed by atoms with Crippen LogP contribution >= 0.6 is 39.1 Å². The molecule has 2 atom stereocenters. The van der Waals surface area contributed by atoms with Gasteiger partial charge in [0.1, 0.15) is 11.5 Å². The number of para-hydroxylation sites is 1. The minimum atomic E-state index is -1.45. The normalized spacial score (nSPS) is 17.1. The number of hydrogen-bond donors (Lipinski definition) is 3. The molecule has 0 aliphatic carbocycles. The number of amides is 1. The van der Waals surface area contributed by atoms with Gasteiger partial charge in [0.2, 0.25) is 5.90 Å². The van der Waals surface area contributed by atoms with Crippen LogP contribution in [0.4, 0.5) is 0 Å². The Morgan fingerprint density at radius 3 is 2.51 bits per heavy atom.